The van der Waals surface area contributed by atoms with Crippen LogP contribution in [0.1, 0.15) is 12.5 Å². The normalized spacial score (nSPS) is 13.4. The van der Waals surface area contributed by atoms with Crippen LogP contribution in [0.5, 0.6) is 0 Å². The van der Waals surface area contributed by atoms with Gasteiger partial charge < -0.3 is 5.32 Å². The van der Waals surface area contributed by atoms with E-state index < -0.39 is 5.54 Å². The average Bonchev–Trinajstić information content (AvgIpc) is 2.40. The van der Waals surface area contributed by atoms with Crippen LogP contribution in [-0.4, -0.2) is 0 Å². The smallest absolute Gasteiger partial charge is 0.148 e. The van der Waals surface area contributed by atoms with E-state index in [4.69, 9.17) is 0 Å². The van der Waals surface area contributed by atoms with Crippen LogP contribution in [0.15, 0.2) is 54.6 Å². The number of para-hydroxylation sites is 1. The zero-order chi connectivity index (χ0) is 13.0. The Balaban J connectivity index is 2.32. The Morgan fingerprint density at radius 3 is 2.22 bits per heavy atom. The van der Waals surface area contributed by atoms with Gasteiger partial charge in [-0.05, 0) is 36.8 Å². The molecule has 18 heavy (non-hydrogen) atoms. The van der Waals surface area contributed by atoms with Crippen molar-refractivity contribution in [2.75, 3.05) is 5.32 Å². The molecular formula is C15H13FN2. The fourth-order valence-electron chi connectivity index (χ4n) is 1.76. The summed E-state index contributed by atoms with van der Waals surface area (Å²) in [5.41, 5.74) is 0.704. The first-order valence-electron chi connectivity index (χ1n) is 5.64. The lowest BCUT2D eigenvalue weighted by molar-refractivity contribution is 0.623. The van der Waals surface area contributed by atoms with Crippen LogP contribution in [-0.2, 0) is 5.54 Å². The molecule has 0 fully saturated rings. The van der Waals surface area contributed by atoms with Gasteiger partial charge in [-0.2, -0.15) is 5.26 Å². The van der Waals surface area contributed by atoms with Crippen molar-refractivity contribution in [1.82, 2.24) is 0 Å². The molecule has 2 nitrogen and oxygen atoms in total. The average molecular weight is 240 g/mol. The SMILES string of the molecule is C[C@](C#N)(Nc1ccccc1)c1ccc(F)cc1. The van der Waals surface area contributed by atoms with Gasteiger partial charge >= 0.3 is 0 Å². The summed E-state index contributed by atoms with van der Waals surface area (Å²) >= 11 is 0. The number of halogens is 1. The zero-order valence-electron chi connectivity index (χ0n) is 10.0. The molecule has 2 aromatic rings. The lowest BCUT2D eigenvalue weighted by Gasteiger charge is -2.25. The number of benzene rings is 2. The highest BCUT2D eigenvalue weighted by Crippen LogP contribution is 2.25. The number of anilines is 1. The van der Waals surface area contributed by atoms with E-state index in [2.05, 4.69) is 11.4 Å². The Morgan fingerprint density at radius 2 is 1.67 bits per heavy atom. The molecule has 0 aromatic heterocycles. The maximum atomic E-state index is 12.9. The van der Waals surface area contributed by atoms with Gasteiger partial charge in [0.1, 0.15) is 11.4 Å². The Bertz CT molecular complexity index is 557. The van der Waals surface area contributed by atoms with E-state index in [9.17, 15) is 9.65 Å². The van der Waals surface area contributed by atoms with Gasteiger partial charge in [-0.1, -0.05) is 30.3 Å². The van der Waals surface area contributed by atoms with Gasteiger partial charge in [0, 0.05) is 5.69 Å². The van der Waals surface area contributed by atoms with Crippen LogP contribution in [0.3, 0.4) is 0 Å². The predicted octanol–water partition coefficient (Wildman–Crippen LogP) is 3.68. The Morgan fingerprint density at radius 1 is 1.06 bits per heavy atom. The lowest BCUT2D eigenvalue weighted by Crippen LogP contribution is -2.29. The monoisotopic (exact) mass is 240 g/mol. The van der Waals surface area contributed by atoms with E-state index >= 15 is 0 Å². The van der Waals surface area contributed by atoms with Crippen molar-refractivity contribution in [3.8, 4) is 6.07 Å². The topological polar surface area (TPSA) is 35.8 Å². The van der Waals surface area contributed by atoms with Crippen molar-refractivity contribution < 1.29 is 4.39 Å². The molecule has 0 amide bonds. The van der Waals surface area contributed by atoms with Crippen LogP contribution in [0.25, 0.3) is 0 Å². The molecule has 2 rings (SSSR count). The first-order chi connectivity index (χ1) is 8.64. The second-order valence-electron chi connectivity index (χ2n) is 4.23. The van der Waals surface area contributed by atoms with Crippen molar-refractivity contribution >= 4 is 5.69 Å². The number of nitrogens with zero attached hydrogens (tertiary/aromatic N) is 1. The maximum Gasteiger partial charge on any atom is 0.148 e. The fourth-order valence-corrected chi connectivity index (χ4v) is 1.76. The van der Waals surface area contributed by atoms with E-state index in [1.165, 1.54) is 12.1 Å². The van der Waals surface area contributed by atoms with E-state index in [1.807, 2.05) is 30.3 Å². The van der Waals surface area contributed by atoms with E-state index in [1.54, 1.807) is 19.1 Å². The van der Waals surface area contributed by atoms with Crippen molar-refractivity contribution in [3.05, 3.63) is 66.0 Å². The van der Waals surface area contributed by atoms with Gasteiger partial charge in [-0.25, -0.2) is 4.39 Å². The minimum Gasteiger partial charge on any atom is -0.364 e. The van der Waals surface area contributed by atoms with Crippen molar-refractivity contribution in [2.45, 2.75) is 12.5 Å². The minimum absolute atomic E-state index is 0.307. The van der Waals surface area contributed by atoms with Gasteiger partial charge in [-0.15, -0.1) is 0 Å². The molecule has 0 aliphatic rings. The van der Waals surface area contributed by atoms with Gasteiger partial charge in [0.05, 0.1) is 6.07 Å². The number of hydrogen-bond acceptors (Lipinski definition) is 2. The van der Waals surface area contributed by atoms with Gasteiger partial charge in [0.2, 0.25) is 0 Å². The number of rotatable bonds is 3. The second-order valence-corrected chi connectivity index (χ2v) is 4.23. The zero-order valence-corrected chi connectivity index (χ0v) is 10.0. The first-order valence-corrected chi connectivity index (χ1v) is 5.64. The Kier molecular flexibility index (Phi) is 3.29. The lowest BCUT2D eigenvalue weighted by atomic mass is 9.93. The standard InChI is InChI=1S/C15H13FN2/c1-15(11-17,12-7-9-13(16)10-8-12)18-14-5-3-2-4-6-14/h2-10,18H,1H3/t15-/m1/s1. The van der Waals surface area contributed by atoms with Crippen LogP contribution in [0.2, 0.25) is 0 Å². The molecule has 1 N–H and O–H groups in total. The predicted molar refractivity (Wildman–Crippen MR) is 69.4 cm³/mol. The number of nitrogens with one attached hydrogen (secondary N) is 1. The van der Waals surface area contributed by atoms with Crippen molar-refractivity contribution in [3.63, 3.8) is 0 Å². The number of hydrogen-bond donors (Lipinski definition) is 1. The van der Waals surface area contributed by atoms with Gasteiger partial charge in [0.25, 0.3) is 0 Å². The molecule has 0 bridgehead atoms. The molecule has 0 saturated carbocycles. The van der Waals surface area contributed by atoms with E-state index in [0.29, 0.717) is 0 Å². The van der Waals surface area contributed by atoms with Crippen molar-refractivity contribution in [2.24, 2.45) is 0 Å². The Hall–Kier alpha value is -2.34. The van der Waals surface area contributed by atoms with Crippen molar-refractivity contribution in [1.29, 1.82) is 5.26 Å². The third-order valence-electron chi connectivity index (χ3n) is 2.81. The van der Waals surface area contributed by atoms with Crippen LogP contribution < -0.4 is 5.32 Å². The molecule has 0 radical (unpaired) electrons. The quantitative estimate of drug-likeness (QED) is 0.888. The molecule has 3 heteroatoms. The summed E-state index contributed by atoms with van der Waals surface area (Å²) in [6.07, 6.45) is 0. The van der Waals surface area contributed by atoms with Crippen LogP contribution in [0.4, 0.5) is 10.1 Å². The molecular weight excluding hydrogens is 227 g/mol. The van der Waals surface area contributed by atoms with E-state index in [0.717, 1.165) is 11.3 Å². The molecule has 0 saturated heterocycles. The van der Waals surface area contributed by atoms with E-state index in [-0.39, 0.29) is 5.82 Å². The molecule has 0 spiro atoms. The fraction of sp³-hybridized carbons (Fsp3) is 0.133. The molecule has 0 aliphatic heterocycles. The molecule has 2 aromatic carbocycles. The first kappa shape index (κ1) is 12.1. The Labute approximate surface area is 106 Å². The summed E-state index contributed by atoms with van der Waals surface area (Å²) in [5.74, 6) is -0.307. The summed E-state index contributed by atoms with van der Waals surface area (Å²) < 4.78 is 12.9. The summed E-state index contributed by atoms with van der Waals surface area (Å²) in [7, 11) is 0. The summed E-state index contributed by atoms with van der Waals surface area (Å²) in [6, 6.07) is 17.7. The molecule has 0 unspecified atom stereocenters. The number of nitriles is 1. The highest BCUT2D eigenvalue weighted by Gasteiger charge is 2.25. The molecule has 1 atom stereocenters. The summed E-state index contributed by atoms with van der Waals surface area (Å²) in [5, 5.41) is 12.5. The summed E-state index contributed by atoms with van der Waals surface area (Å²) in [4.78, 5) is 0. The highest BCUT2D eigenvalue weighted by atomic mass is 19.1. The van der Waals surface area contributed by atoms with Gasteiger partial charge in [0.15, 0.2) is 0 Å². The molecule has 0 heterocycles. The largest absolute Gasteiger partial charge is 0.364 e. The highest BCUT2D eigenvalue weighted by molar-refractivity contribution is 5.50. The minimum atomic E-state index is -0.880. The molecule has 0 aliphatic carbocycles. The van der Waals surface area contributed by atoms with Crippen LogP contribution >= 0.6 is 0 Å². The third-order valence-corrected chi connectivity index (χ3v) is 2.81. The second kappa shape index (κ2) is 4.89. The van der Waals surface area contributed by atoms with Gasteiger partial charge in [-0.3, -0.25) is 0 Å². The maximum absolute atomic E-state index is 12.9. The third kappa shape index (κ3) is 2.49. The summed E-state index contributed by atoms with van der Waals surface area (Å²) in [6.45, 7) is 1.77. The molecule has 90 valence electrons. The van der Waals surface area contributed by atoms with Crippen LogP contribution in [0, 0.1) is 17.1 Å².